The molecule has 13 nitrogen and oxygen atoms in total. The quantitative estimate of drug-likeness (QED) is 0.112. The number of rotatable bonds is 12. The Morgan fingerprint density at radius 2 is 1.68 bits per heavy atom. The van der Waals surface area contributed by atoms with Gasteiger partial charge in [0.25, 0.3) is 0 Å². The van der Waals surface area contributed by atoms with Crippen molar-refractivity contribution in [1.82, 2.24) is 25.6 Å². The van der Waals surface area contributed by atoms with Crippen molar-refractivity contribution in [2.75, 3.05) is 44.3 Å². The number of guanidine groups is 1. The van der Waals surface area contributed by atoms with Gasteiger partial charge < -0.3 is 37.5 Å². The zero-order chi connectivity index (χ0) is 32.8. The second-order valence-corrected chi connectivity index (χ2v) is 14.1. The molecule has 8 N–H and O–H groups in total. The number of amides is 2. The maximum absolute atomic E-state index is 14.1. The Kier molecular flexibility index (Phi) is 10.4. The monoisotopic (exact) mass is 663 g/mol. The van der Waals surface area contributed by atoms with Crippen molar-refractivity contribution in [2.24, 2.45) is 16.5 Å². The molecule has 2 amide bonds. The van der Waals surface area contributed by atoms with Crippen LogP contribution in [0.1, 0.15) is 43.2 Å². The number of aliphatic imine (C=N–C) groups is 1. The number of urea groups is 1. The molecule has 6 rings (SSSR count). The zero-order valence-corrected chi connectivity index (χ0v) is 27.3. The van der Waals surface area contributed by atoms with Crippen LogP contribution >= 0.6 is 0 Å². The average Bonchev–Trinajstić information content (AvgIpc) is 3.50. The Labute approximate surface area is 276 Å². The zero-order valence-electron chi connectivity index (χ0n) is 26.5. The highest BCUT2D eigenvalue weighted by molar-refractivity contribution is 7.89. The molecule has 0 aromatic heterocycles. The third-order valence-electron chi connectivity index (χ3n) is 9.02. The molecule has 1 unspecified atom stereocenters. The van der Waals surface area contributed by atoms with Gasteiger partial charge in [-0.25, -0.2) is 13.2 Å². The molecule has 0 aliphatic carbocycles. The van der Waals surface area contributed by atoms with Gasteiger partial charge in [0.1, 0.15) is 6.17 Å². The molecular weight excluding hydrogens is 618 g/mol. The van der Waals surface area contributed by atoms with E-state index >= 15 is 0 Å². The summed E-state index contributed by atoms with van der Waals surface area (Å²) < 4.78 is 35.5. The topological polar surface area (TPSA) is 179 Å². The Morgan fingerprint density at radius 1 is 0.979 bits per heavy atom. The van der Waals surface area contributed by atoms with E-state index in [0.29, 0.717) is 44.0 Å². The molecule has 4 heterocycles. The molecule has 47 heavy (non-hydrogen) atoms. The molecule has 252 valence electrons. The first-order valence-corrected chi connectivity index (χ1v) is 17.8. The number of nitrogens with zero attached hydrogens (tertiary/aromatic N) is 3. The molecule has 0 bridgehead atoms. The fraction of sp³-hybridized carbons (Fsp3) is 0.455. The third kappa shape index (κ3) is 7.79. The van der Waals surface area contributed by atoms with Gasteiger partial charge in [0.2, 0.25) is 10.0 Å². The minimum Gasteiger partial charge on any atom is -0.381 e. The van der Waals surface area contributed by atoms with Gasteiger partial charge in [-0.15, -0.1) is 0 Å². The van der Waals surface area contributed by atoms with Crippen LogP contribution < -0.4 is 37.6 Å². The number of nitrogens with one attached hydrogen (secondary N) is 4. The maximum atomic E-state index is 14.1. The molecule has 0 radical (unpaired) electrons. The molecule has 2 aromatic rings. The van der Waals surface area contributed by atoms with Gasteiger partial charge in [0, 0.05) is 55.9 Å². The normalized spacial score (nSPS) is 20.7. The van der Waals surface area contributed by atoms with E-state index in [1.807, 2.05) is 48.7 Å². The summed E-state index contributed by atoms with van der Waals surface area (Å²) in [5.74, 6) is 0.103. The smallest absolute Gasteiger partial charge is 0.327 e. The number of sulfonamides is 1. The predicted octanol–water partition coefficient (Wildman–Crippen LogP) is 1.75. The van der Waals surface area contributed by atoms with Crippen LogP contribution in [-0.4, -0.2) is 82.4 Å². The van der Waals surface area contributed by atoms with Crippen molar-refractivity contribution in [3.05, 3.63) is 77.5 Å². The molecule has 14 heteroatoms. The van der Waals surface area contributed by atoms with E-state index in [-0.39, 0.29) is 30.2 Å². The van der Waals surface area contributed by atoms with Gasteiger partial charge in [-0.3, -0.25) is 9.89 Å². The minimum absolute atomic E-state index is 0.0226. The number of hydrogen-bond acceptors (Lipinski definition) is 8. The van der Waals surface area contributed by atoms with Gasteiger partial charge in [-0.1, -0.05) is 24.3 Å². The lowest BCUT2D eigenvalue weighted by atomic mass is 10.0. The van der Waals surface area contributed by atoms with Crippen LogP contribution in [0.5, 0.6) is 0 Å². The summed E-state index contributed by atoms with van der Waals surface area (Å²) in [6.07, 6.45) is 7.31. The van der Waals surface area contributed by atoms with Crippen molar-refractivity contribution in [3.8, 4) is 0 Å². The lowest BCUT2D eigenvalue weighted by molar-refractivity contribution is 0.0457. The van der Waals surface area contributed by atoms with Crippen LogP contribution in [0.3, 0.4) is 0 Å². The number of nitrogens with two attached hydrogens (primary N) is 2. The van der Waals surface area contributed by atoms with Gasteiger partial charge in [0.15, 0.2) is 5.96 Å². The molecule has 2 saturated heterocycles. The van der Waals surface area contributed by atoms with Crippen molar-refractivity contribution in [2.45, 2.75) is 61.8 Å². The minimum atomic E-state index is -3.70. The molecule has 4 aliphatic heterocycles. The standard InChI is InChI=1S/C33H45N9O4S/c34-32(35)38-15-1-14-37-21-23-2-6-26(7-3-23)41-22-25-20-30(39-31(25)40-33(41)43)24-4-8-29(9-5-24)47(44,45)42(27-10-16-36-17-11-27)28-12-18-46-19-13-28/h2-9,20,22,27-28,31,36-37,39H,1,10-19,21H2,(H,40,43)(H4,34,35,38). The lowest BCUT2D eigenvalue weighted by Crippen LogP contribution is -2.52. The summed E-state index contributed by atoms with van der Waals surface area (Å²) >= 11 is 0. The number of ether oxygens (including phenoxy) is 1. The summed E-state index contributed by atoms with van der Waals surface area (Å²) in [7, 11) is -3.70. The first kappa shape index (κ1) is 33.0. The highest BCUT2D eigenvalue weighted by Crippen LogP contribution is 2.32. The second kappa shape index (κ2) is 14.9. The summed E-state index contributed by atoms with van der Waals surface area (Å²) in [6.45, 7) is 4.86. The summed E-state index contributed by atoms with van der Waals surface area (Å²) in [5.41, 5.74) is 15.1. The Morgan fingerprint density at radius 3 is 2.38 bits per heavy atom. The second-order valence-electron chi connectivity index (χ2n) is 12.3. The van der Waals surface area contributed by atoms with Crippen LogP contribution in [-0.2, 0) is 21.3 Å². The Balaban J connectivity index is 1.12. The van der Waals surface area contributed by atoms with Crippen molar-refractivity contribution >= 4 is 33.4 Å². The number of hydrogen-bond donors (Lipinski definition) is 6. The summed E-state index contributed by atoms with van der Waals surface area (Å²) in [4.78, 5) is 18.9. The number of benzene rings is 2. The number of carbonyl (C=O) groups excluding carboxylic acids is 1. The number of piperidine rings is 1. The van der Waals surface area contributed by atoms with E-state index < -0.39 is 10.0 Å². The molecular formula is C33H45N9O4S. The van der Waals surface area contributed by atoms with Gasteiger partial charge in [-0.2, -0.15) is 4.31 Å². The molecule has 0 saturated carbocycles. The molecule has 2 fully saturated rings. The fourth-order valence-electron chi connectivity index (χ4n) is 6.56. The van der Waals surface area contributed by atoms with E-state index in [9.17, 15) is 13.2 Å². The molecule has 1 atom stereocenters. The highest BCUT2D eigenvalue weighted by Gasteiger charge is 2.38. The number of fused-ring (bicyclic) bond motifs is 1. The van der Waals surface area contributed by atoms with Crippen LogP contribution in [0.4, 0.5) is 10.5 Å². The van der Waals surface area contributed by atoms with E-state index in [2.05, 4.69) is 26.3 Å². The van der Waals surface area contributed by atoms with Gasteiger partial charge >= 0.3 is 6.03 Å². The SMILES string of the molecule is NC(N)=NCCCNCc1ccc(N2C=C3C=C(c4ccc(S(=O)(=O)N(C5CCNCC5)C5CCOCC5)cc4)NC3NC2=O)cc1. The number of anilines is 1. The van der Waals surface area contributed by atoms with E-state index in [1.54, 1.807) is 21.3 Å². The van der Waals surface area contributed by atoms with E-state index in [1.165, 1.54) is 0 Å². The maximum Gasteiger partial charge on any atom is 0.327 e. The van der Waals surface area contributed by atoms with E-state index in [0.717, 1.165) is 67.0 Å². The first-order valence-electron chi connectivity index (χ1n) is 16.4. The molecule has 0 spiro atoms. The van der Waals surface area contributed by atoms with Gasteiger partial charge in [-0.05, 0) is 93.2 Å². The third-order valence-corrected chi connectivity index (χ3v) is 11.0. The van der Waals surface area contributed by atoms with E-state index in [4.69, 9.17) is 16.2 Å². The average molecular weight is 664 g/mol. The summed E-state index contributed by atoms with van der Waals surface area (Å²) in [5, 5.41) is 13.1. The Bertz CT molecular complexity index is 1580. The van der Waals surface area contributed by atoms with Crippen LogP contribution in [0.2, 0.25) is 0 Å². The molecule has 2 aromatic carbocycles. The van der Waals surface area contributed by atoms with Gasteiger partial charge in [0.05, 0.1) is 10.6 Å². The van der Waals surface area contributed by atoms with Crippen LogP contribution in [0, 0.1) is 0 Å². The fourth-order valence-corrected chi connectivity index (χ4v) is 8.49. The first-order chi connectivity index (χ1) is 22.8. The predicted molar refractivity (Wildman–Crippen MR) is 183 cm³/mol. The molecule has 4 aliphatic rings. The largest absolute Gasteiger partial charge is 0.381 e. The van der Waals surface area contributed by atoms with Crippen molar-refractivity contribution < 1.29 is 17.9 Å². The summed E-state index contributed by atoms with van der Waals surface area (Å²) in [6, 6.07) is 14.6. The van der Waals surface area contributed by atoms with Crippen molar-refractivity contribution in [1.29, 1.82) is 0 Å². The lowest BCUT2D eigenvalue weighted by Gasteiger charge is -2.40. The van der Waals surface area contributed by atoms with Crippen LogP contribution in [0.15, 0.2) is 76.3 Å². The van der Waals surface area contributed by atoms with Crippen LogP contribution in [0.25, 0.3) is 5.70 Å². The Hall–Kier alpha value is -3.95. The van der Waals surface area contributed by atoms with Crippen molar-refractivity contribution in [3.63, 3.8) is 0 Å². The highest BCUT2D eigenvalue weighted by atomic mass is 32.2. The number of carbonyl (C=O) groups is 1.